The van der Waals surface area contributed by atoms with Crippen LogP contribution < -0.4 is 5.73 Å². The molecule has 2 N–H and O–H groups in total. The second-order valence-corrected chi connectivity index (χ2v) is 6.18. The molecule has 0 radical (unpaired) electrons. The maximum atomic E-state index is 13.0. The largest absolute Gasteiger partial charge is 0.416 e. The maximum Gasteiger partial charge on any atom is 0.416 e. The standard InChI is InChI=1S/C19H15F3N4/c1-11(12-5-4-6-13(9-12)19(20,21)22)16-10-24-18-25-17(23)14-7-2-3-8-15(14)26(16)18/h2-11H,1H3,(H2,23,24,25)/t11-/m1/s1. The van der Waals surface area contributed by atoms with Crippen LogP contribution in [-0.4, -0.2) is 14.4 Å². The molecular formula is C19H15F3N4. The highest BCUT2D eigenvalue weighted by Gasteiger charge is 2.31. The second-order valence-electron chi connectivity index (χ2n) is 6.18. The summed E-state index contributed by atoms with van der Waals surface area (Å²) in [6.07, 6.45) is -2.74. The van der Waals surface area contributed by atoms with Crippen LogP contribution in [0.15, 0.2) is 54.7 Å². The predicted molar refractivity (Wildman–Crippen MR) is 93.9 cm³/mol. The zero-order valence-corrected chi connectivity index (χ0v) is 13.8. The average Bonchev–Trinajstić information content (AvgIpc) is 3.04. The summed E-state index contributed by atoms with van der Waals surface area (Å²) in [5.74, 6) is 0.494. The van der Waals surface area contributed by atoms with Crippen molar-refractivity contribution in [1.29, 1.82) is 0 Å². The minimum atomic E-state index is -4.38. The number of rotatable bonds is 2. The molecular weight excluding hydrogens is 341 g/mol. The first-order valence-corrected chi connectivity index (χ1v) is 8.05. The second kappa shape index (κ2) is 5.72. The van der Waals surface area contributed by atoms with E-state index in [1.807, 2.05) is 35.6 Å². The molecule has 0 amide bonds. The van der Waals surface area contributed by atoms with Crippen molar-refractivity contribution in [2.75, 3.05) is 5.73 Å². The van der Waals surface area contributed by atoms with Crippen molar-refractivity contribution in [2.24, 2.45) is 0 Å². The molecule has 2 heterocycles. The van der Waals surface area contributed by atoms with Gasteiger partial charge in [-0.05, 0) is 23.8 Å². The minimum Gasteiger partial charge on any atom is -0.383 e. The van der Waals surface area contributed by atoms with Gasteiger partial charge in [-0.3, -0.25) is 4.40 Å². The van der Waals surface area contributed by atoms with E-state index in [0.717, 1.165) is 22.7 Å². The number of benzene rings is 2. The molecule has 0 bridgehead atoms. The van der Waals surface area contributed by atoms with Crippen molar-refractivity contribution in [2.45, 2.75) is 19.0 Å². The van der Waals surface area contributed by atoms with Gasteiger partial charge in [0, 0.05) is 11.3 Å². The zero-order valence-electron chi connectivity index (χ0n) is 13.8. The van der Waals surface area contributed by atoms with Crippen LogP contribution in [0.2, 0.25) is 0 Å². The molecule has 0 aliphatic heterocycles. The number of aromatic nitrogens is 3. The van der Waals surface area contributed by atoms with Crippen LogP contribution in [0.3, 0.4) is 0 Å². The fourth-order valence-electron chi connectivity index (χ4n) is 3.19. The van der Waals surface area contributed by atoms with Crippen molar-refractivity contribution in [1.82, 2.24) is 14.4 Å². The number of nitrogen functional groups attached to an aromatic ring is 1. The third kappa shape index (κ3) is 2.56. The topological polar surface area (TPSA) is 56.2 Å². The number of para-hydroxylation sites is 1. The fourth-order valence-corrected chi connectivity index (χ4v) is 3.19. The van der Waals surface area contributed by atoms with E-state index < -0.39 is 11.7 Å². The summed E-state index contributed by atoms with van der Waals surface area (Å²) in [4.78, 5) is 8.60. The highest BCUT2D eigenvalue weighted by atomic mass is 19.4. The summed E-state index contributed by atoms with van der Waals surface area (Å²) in [5, 5.41) is 0.774. The van der Waals surface area contributed by atoms with Crippen LogP contribution >= 0.6 is 0 Å². The average molecular weight is 356 g/mol. The molecule has 2 aromatic heterocycles. The molecule has 0 saturated carbocycles. The Morgan fingerprint density at radius 1 is 1.08 bits per heavy atom. The smallest absolute Gasteiger partial charge is 0.383 e. The third-order valence-corrected chi connectivity index (χ3v) is 4.57. The number of imidazole rings is 1. The summed E-state index contributed by atoms with van der Waals surface area (Å²) in [6.45, 7) is 1.85. The van der Waals surface area contributed by atoms with Crippen LogP contribution in [0, 0.1) is 0 Å². The summed E-state index contributed by atoms with van der Waals surface area (Å²) < 4.78 is 41.0. The van der Waals surface area contributed by atoms with Gasteiger partial charge in [0.05, 0.1) is 23.0 Å². The lowest BCUT2D eigenvalue weighted by Gasteiger charge is -2.15. The molecule has 4 aromatic rings. The number of hydrogen-bond donors (Lipinski definition) is 1. The number of fused-ring (bicyclic) bond motifs is 3. The number of nitrogens with zero attached hydrogens (tertiary/aromatic N) is 3. The minimum absolute atomic E-state index is 0.305. The van der Waals surface area contributed by atoms with Gasteiger partial charge in [-0.2, -0.15) is 18.2 Å². The number of anilines is 1. The SMILES string of the molecule is C[C@H](c1cccc(C(F)(F)F)c1)c1cnc2nc(N)c3ccccc3n12. The molecule has 26 heavy (non-hydrogen) atoms. The Bertz CT molecular complexity index is 1110. The molecule has 2 aromatic carbocycles. The number of halogens is 3. The first-order chi connectivity index (χ1) is 12.4. The third-order valence-electron chi connectivity index (χ3n) is 4.57. The lowest BCUT2D eigenvalue weighted by atomic mass is 9.96. The van der Waals surface area contributed by atoms with Gasteiger partial charge in [-0.1, -0.05) is 37.3 Å². The van der Waals surface area contributed by atoms with Gasteiger partial charge in [0.1, 0.15) is 5.82 Å². The van der Waals surface area contributed by atoms with E-state index in [0.29, 0.717) is 17.2 Å². The molecule has 1 atom stereocenters. The normalized spacial score (nSPS) is 13.4. The van der Waals surface area contributed by atoms with E-state index in [1.165, 1.54) is 12.1 Å². The highest BCUT2D eigenvalue weighted by Crippen LogP contribution is 2.33. The molecule has 4 rings (SSSR count). The van der Waals surface area contributed by atoms with E-state index >= 15 is 0 Å². The van der Waals surface area contributed by atoms with Crippen LogP contribution in [-0.2, 0) is 6.18 Å². The Balaban J connectivity index is 1.91. The molecule has 0 spiro atoms. The van der Waals surface area contributed by atoms with Gasteiger partial charge >= 0.3 is 6.18 Å². The molecule has 0 unspecified atom stereocenters. The van der Waals surface area contributed by atoms with E-state index in [1.54, 1.807) is 12.3 Å². The quantitative estimate of drug-likeness (QED) is 0.569. The van der Waals surface area contributed by atoms with E-state index in [-0.39, 0.29) is 5.92 Å². The van der Waals surface area contributed by atoms with Crippen molar-refractivity contribution < 1.29 is 13.2 Å². The van der Waals surface area contributed by atoms with Gasteiger partial charge in [0.2, 0.25) is 5.78 Å². The van der Waals surface area contributed by atoms with Crippen LogP contribution in [0.5, 0.6) is 0 Å². The summed E-state index contributed by atoms with van der Waals surface area (Å²) in [7, 11) is 0. The molecule has 7 heteroatoms. The first-order valence-electron chi connectivity index (χ1n) is 8.05. The monoisotopic (exact) mass is 356 g/mol. The number of nitrogens with two attached hydrogens (primary N) is 1. The van der Waals surface area contributed by atoms with Gasteiger partial charge < -0.3 is 5.73 Å². The van der Waals surface area contributed by atoms with Crippen LogP contribution in [0.1, 0.15) is 29.7 Å². The Labute approximate surface area is 147 Å². The molecule has 0 saturated heterocycles. The maximum absolute atomic E-state index is 13.0. The van der Waals surface area contributed by atoms with E-state index in [4.69, 9.17) is 5.73 Å². The summed E-state index contributed by atoms with van der Waals surface area (Å²) in [5.41, 5.74) is 7.46. The molecule has 0 fully saturated rings. The van der Waals surface area contributed by atoms with Gasteiger partial charge in [0.25, 0.3) is 0 Å². The first kappa shape index (κ1) is 16.4. The van der Waals surface area contributed by atoms with Crippen molar-refractivity contribution in [3.05, 3.63) is 71.5 Å². The summed E-state index contributed by atoms with van der Waals surface area (Å²) in [6, 6.07) is 12.8. The van der Waals surface area contributed by atoms with E-state index in [9.17, 15) is 13.2 Å². The Morgan fingerprint density at radius 2 is 1.85 bits per heavy atom. The lowest BCUT2D eigenvalue weighted by molar-refractivity contribution is -0.137. The van der Waals surface area contributed by atoms with Crippen LogP contribution in [0.4, 0.5) is 19.0 Å². The molecule has 4 nitrogen and oxygen atoms in total. The summed E-state index contributed by atoms with van der Waals surface area (Å²) >= 11 is 0. The van der Waals surface area contributed by atoms with Crippen molar-refractivity contribution in [3.63, 3.8) is 0 Å². The van der Waals surface area contributed by atoms with Crippen LogP contribution in [0.25, 0.3) is 16.7 Å². The molecule has 132 valence electrons. The Hall–Kier alpha value is -3.09. The number of hydrogen-bond acceptors (Lipinski definition) is 3. The van der Waals surface area contributed by atoms with Crippen molar-refractivity contribution >= 4 is 22.5 Å². The molecule has 0 aliphatic carbocycles. The highest BCUT2D eigenvalue weighted by molar-refractivity contribution is 5.90. The lowest BCUT2D eigenvalue weighted by Crippen LogP contribution is -2.08. The zero-order chi connectivity index (χ0) is 18.5. The Kier molecular flexibility index (Phi) is 3.61. The predicted octanol–water partition coefficient (Wildman–Crippen LogP) is 4.64. The Morgan fingerprint density at radius 3 is 2.62 bits per heavy atom. The fraction of sp³-hybridized carbons (Fsp3) is 0.158. The number of alkyl halides is 3. The van der Waals surface area contributed by atoms with E-state index in [2.05, 4.69) is 9.97 Å². The van der Waals surface area contributed by atoms with Gasteiger partial charge in [0.15, 0.2) is 0 Å². The molecule has 0 aliphatic rings. The van der Waals surface area contributed by atoms with Crippen molar-refractivity contribution in [3.8, 4) is 0 Å². The van der Waals surface area contributed by atoms with Gasteiger partial charge in [-0.25, -0.2) is 4.98 Å². The van der Waals surface area contributed by atoms with Gasteiger partial charge in [-0.15, -0.1) is 0 Å².